The fraction of sp³-hybridized carbons (Fsp3) is 0.250. The highest BCUT2D eigenvalue weighted by molar-refractivity contribution is 9.10. The highest BCUT2D eigenvalue weighted by Crippen LogP contribution is 2.30. The minimum Gasteiger partial charge on any atom is -0.353 e. The Balaban J connectivity index is 1.88. The van der Waals surface area contributed by atoms with Gasteiger partial charge in [0.2, 0.25) is 17.6 Å². The van der Waals surface area contributed by atoms with Gasteiger partial charge in [0.05, 0.1) is 11.0 Å². The van der Waals surface area contributed by atoms with Gasteiger partial charge in [0.1, 0.15) is 6.04 Å². The van der Waals surface area contributed by atoms with Crippen molar-refractivity contribution in [1.82, 2.24) is 20.8 Å². The molecule has 1 aromatic heterocycles. The molecule has 1 saturated heterocycles. The molecule has 0 bridgehead atoms. The maximum atomic E-state index is 13.5. The predicted octanol–water partition coefficient (Wildman–Crippen LogP) is 1.54. The van der Waals surface area contributed by atoms with E-state index in [9.17, 15) is 13.6 Å². The normalized spacial score (nSPS) is 18.6. The van der Waals surface area contributed by atoms with Crippen LogP contribution in [0.4, 0.5) is 8.78 Å². The number of hydrogen-bond donors (Lipinski definition) is 2. The number of benzene rings is 1. The molecule has 21 heavy (non-hydrogen) atoms. The number of hydrogen-bond acceptors (Lipinski definition) is 5. The van der Waals surface area contributed by atoms with Gasteiger partial charge in [-0.2, -0.15) is 4.98 Å². The molecule has 2 N–H and O–H groups in total. The van der Waals surface area contributed by atoms with Crippen molar-refractivity contribution >= 4 is 21.8 Å². The summed E-state index contributed by atoms with van der Waals surface area (Å²) < 4.78 is 31.6. The van der Waals surface area contributed by atoms with Crippen LogP contribution in [0.5, 0.6) is 0 Å². The molecule has 0 aliphatic carbocycles. The first-order valence-electron chi connectivity index (χ1n) is 6.04. The summed E-state index contributed by atoms with van der Waals surface area (Å²) in [5.41, 5.74) is 0.281. The van der Waals surface area contributed by atoms with Crippen LogP contribution < -0.4 is 10.6 Å². The number of halogens is 3. The second-order valence-corrected chi connectivity index (χ2v) is 5.21. The standard InChI is InChI=1S/C12H9BrF2N4O2/c13-9-5(1-2-6(14)10(9)15)11-18-12(21-19-11)7-3-17-8(20)4-16-7/h1-2,7,16H,3-4H2,(H,17,20). The monoisotopic (exact) mass is 358 g/mol. The Hall–Kier alpha value is -1.87. The molecular formula is C12H9BrF2N4O2. The number of carbonyl (C=O) groups is 1. The fourth-order valence-electron chi connectivity index (χ4n) is 1.93. The van der Waals surface area contributed by atoms with Crippen molar-refractivity contribution < 1.29 is 18.1 Å². The number of nitrogens with zero attached hydrogens (tertiary/aromatic N) is 2. The van der Waals surface area contributed by atoms with Crippen LogP contribution in [0.25, 0.3) is 11.4 Å². The largest absolute Gasteiger partial charge is 0.353 e. The minimum absolute atomic E-state index is 0.0697. The number of piperazine rings is 1. The van der Waals surface area contributed by atoms with E-state index in [-0.39, 0.29) is 40.2 Å². The fourth-order valence-corrected chi connectivity index (χ4v) is 2.42. The van der Waals surface area contributed by atoms with E-state index in [1.54, 1.807) is 0 Å². The number of rotatable bonds is 2. The topological polar surface area (TPSA) is 80.1 Å². The van der Waals surface area contributed by atoms with Gasteiger partial charge in [-0.1, -0.05) is 5.16 Å². The van der Waals surface area contributed by atoms with Crippen LogP contribution in [0.1, 0.15) is 11.9 Å². The quantitative estimate of drug-likeness (QED) is 0.796. The molecule has 6 nitrogen and oxygen atoms in total. The molecule has 2 aromatic rings. The van der Waals surface area contributed by atoms with Crippen LogP contribution in [0.3, 0.4) is 0 Å². The van der Waals surface area contributed by atoms with Gasteiger partial charge in [-0.05, 0) is 28.1 Å². The van der Waals surface area contributed by atoms with Gasteiger partial charge in [0.15, 0.2) is 11.6 Å². The molecule has 1 unspecified atom stereocenters. The second kappa shape index (κ2) is 5.49. The van der Waals surface area contributed by atoms with Crippen molar-refractivity contribution in [1.29, 1.82) is 0 Å². The first-order valence-corrected chi connectivity index (χ1v) is 6.83. The zero-order valence-corrected chi connectivity index (χ0v) is 12.1. The average molecular weight is 359 g/mol. The van der Waals surface area contributed by atoms with Gasteiger partial charge in [0, 0.05) is 12.1 Å². The van der Waals surface area contributed by atoms with Crippen molar-refractivity contribution in [2.75, 3.05) is 13.1 Å². The summed E-state index contributed by atoms with van der Waals surface area (Å²) in [7, 11) is 0. The van der Waals surface area contributed by atoms with E-state index in [4.69, 9.17) is 4.52 Å². The molecule has 2 heterocycles. The molecule has 1 amide bonds. The van der Waals surface area contributed by atoms with E-state index in [1.807, 2.05) is 0 Å². The molecule has 1 aliphatic rings. The Morgan fingerprint density at radius 2 is 2.19 bits per heavy atom. The van der Waals surface area contributed by atoms with Crippen molar-refractivity contribution in [3.05, 3.63) is 34.1 Å². The van der Waals surface area contributed by atoms with E-state index in [1.165, 1.54) is 6.07 Å². The maximum Gasteiger partial charge on any atom is 0.245 e. The third-order valence-corrected chi connectivity index (χ3v) is 3.80. The highest BCUT2D eigenvalue weighted by atomic mass is 79.9. The van der Waals surface area contributed by atoms with Gasteiger partial charge in [-0.25, -0.2) is 8.78 Å². The van der Waals surface area contributed by atoms with Crippen molar-refractivity contribution in [3.63, 3.8) is 0 Å². The molecule has 9 heteroatoms. The average Bonchev–Trinajstić information content (AvgIpc) is 2.95. The lowest BCUT2D eigenvalue weighted by Crippen LogP contribution is -2.47. The van der Waals surface area contributed by atoms with Gasteiger partial charge < -0.3 is 9.84 Å². The SMILES string of the molecule is O=C1CNC(c2nc(-c3ccc(F)c(F)c3Br)no2)CN1. The Kier molecular flexibility index (Phi) is 3.68. The molecule has 0 radical (unpaired) electrons. The van der Waals surface area contributed by atoms with Crippen LogP contribution in [0.2, 0.25) is 0 Å². The molecule has 110 valence electrons. The van der Waals surface area contributed by atoms with E-state index >= 15 is 0 Å². The van der Waals surface area contributed by atoms with Gasteiger partial charge in [-0.15, -0.1) is 0 Å². The summed E-state index contributed by atoms with van der Waals surface area (Å²) in [5, 5.41) is 9.34. The van der Waals surface area contributed by atoms with Crippen molar-refractivity contribution in [2.24, 2.45) is 0 Å². The maximum absolute atomic E-state index is 13.5. The molecular weight excluding hydrogens is 350 g/mol. The summed E-state index contributed by atoms with van der Waals surface area (Å²) in [5.74, 6) is -1.70. The van der Waals surface area contributed by atoms with Crippen LogP contribution in [-0.2, 0) is 4.79 Å². The van der Waals surface area contributed by atoms with E-state index in [0.717, 1.165) is 6.07 Å². The highest BCUT2D eigenvalue weighted by Gasteiger charge is 2.25. The molecule has 1 aliphatic heterocycles. The second-order valence-electron chi connectivity index (χ2n) is 4.42. The summed E-state index contributed by atoms with van der Waals surface area (Å²) >= 11 is 2.97. The summed E-state index contributed by atoms with van der Waals surface area (Å²) in [6.07, 6.45) is 0. The molecule has 3 rings (SSSR count). The van der Waals surface area contributed by atoms with E-state index < -0.39 is 11.6 Å². The lowest BCUT2D eigenvalue weighted by atomic mass is 10.2. The van der Waals surface area contributed by atoms with E-state index in [2.05, 4.69) is 36.7 Å². The lowest BCUT2D eigenvalue weighted by molar-refractivity contribution is -0.121. The van der Waals surface area contributed by atoms with Gasteiger partial charge >= 0.3 is 0 Å². The van der Waals surface area contributed by atoms with Crippen molar-refractivity contribution in [3.8, 4) is 11.4 Å². The molecule has 1 fully saturated rings. The van der Waals surface area contributed by atoms with Crippen LogP contribution in [0, 0.1) is 11.6 Å². The summed E-state index contributed by atoms with van der Waals surface area (Å²) in [6, 6.07) is 2.03. The molecule has 1 atom stereocenters. The molecule has 0 spiro atoms. The number of aromatic nitrogens is 2. The third kappa shape index (κ3) is 2.66. The predicted molar refractivity (Wildman–Crippen MR) is 71.1 cm³/mol. The van der Waals surface area contributed by atoms with E-state index in [0.29, 0.717) is 6.54 Å². The lowest BCUT2D eigenvalue weighted by Gasteiger charge is -2.20. The van der Waals surface area contributed by atoms with Crippen molar-refractivity contribution in [2.45, 2.75) is 6.04 Å². The number of amides is 1. The number of carbonyl (C=O) groups excluding carboxylic acids is 1. The zero-order chi connectivity index (χ0) is 15.0. The van der Waals surface area contributed by atoms with Crippen LogP contribution >= 0.6 is 15.9 Å². The smallest absolute Gasteiger partial charge is 0.245 e. The third-order valence-electron chi connectivity index (χ3n) is 3.03. The summed E-state index contributed by atoms with van der Waals surface area (Å²) in [6.45, 7) is 0.469. The minimum atomic E-state index is -1.01. The Morgan fingerprint density at radius 3 is 2.90 bits per heavy atom. The Bertz CT molecular complexity index is 697. The molecule has 0 saturated carbocycles. The Morgan fingerprint density at radius 1 is 1.38 bits per heavy atom. The first-order chi connectivity index (χ1) is 10.1. The van der Waals surface area contributed by atoms with Crippen LogP contribution in [0.15, 0.2) is 21.1 Å². The molecule has 1 aromatic carbocycles. The van der Waals surface area contributed by atoms with Crippen LogP contribution in [-0.4, -0.2) is 29.1 Å². The first kappa shape index (κ1) is 14.1. The number of nitrogens with one attached hydrogen (secondary N) is 2. The van der Waals surface area contributed by atoms with Gasteiger partial charge in [0.25, 0.3) is 0 Å². The summed E-state index contributed by atoms with van der Waals surface area (Å²) in [4.78, 5) is 15.2. The Labute approximate surface area is 126 Å². The zero-order valence-electron chi connectivity index (χ0n) is 10.5. The van der Waals surface area contributed by atoms with Gasteiger partial charge in [-0.3, -0.25) is 10.1 Å².